The van der Waals surface area contributed by atoms with Crippen LogP contribution >= 0.6 is 0 Å². The highest BCUT2D eigenvalue weighted by Crippen LogP contribution is 2.44. The average molecular weight is 949 g/mol. The van der Waals surface area contributed by atoms with Gasteiger partial charge in [0.25, 0.3) is 0 Å². The Bertz CT molecular complexity index is 4360. The first-order valence-corrected chi connectivity index (χ1v) is 25.1. The molecule has 0 aliphatic carbocycles. The summed E-state index contributed by atoms with van der Waals surface area (Å²) in [6.45, 7) is 8.66. The van der Waals surface area contributed by atoms with E-state index in [9.17, 15) is 5.26 Å². The summed E-state index contributed by atoms with van der Waals surface area (Å²) in [5.41, 5.74) is 20.9. The van der Waals surface area contributed by atoms with Gasteiger partial charge in [0.05, 0.1) is 45.1 Å². The third kappa shape index (κ3) is 7.53. The molecule has 6 heteroatoms. The zero-order valence-corrected chi connectivity index (χ0v) is 41.5. The molecule has 0 aliphatic rings. The van der Waals surface area contributed by atoms with Crippen molar-refractivity contribution in [2.24, 2.45) is 0 Å². The van der Waals surface area contributed by atoms with E-state index in [-0.39, 0.29) is 0 Å². The number of nitrogens with zero attached hydrogens (tertiary/aromatic N) is 6. The summed E-state index contributed by atoms with van der Waals surface area (Å²) in [5, 5.41) is 15.3. The van der Waals surface area contributed by atoms with Gasteiger partial charge in [0.2, 0.25) is 0 Å². The predicted molar refractivity (Wildman–Crippen MR) is 305 cm³/mol. The van der Waals surface area contributed by atoms with Crippen LogP contribution < -0.4 is 0 Å². The molecule has 74 heavy (non-hydrogen) atoms. The Labute approximate surface area is 429 Å². The zero-order valence-electron chi connectivity index (χ0n) is 41.5. The fourth-order valence-electron chi connectivity index (χ4n) is 11.1. The molecule has 0 spiro atoms. The lowest BCUT2D eigenvalue weighted by molar-refractivity contribution is 1.07. The van der Waals surface area contributed by atoms with Gasteiger partial charge >= 0.3 is 0 Å². The lowest BCUT2D eigenvalue weighted by Crippen LogP contribution is -2.04. The summed E-state index contributed by atoms with van der Waals surface area (Å²) in [6, 6.07) is 79.7. The molecular formula is C68H48N6. The average Bonchev–Trinajstić information content (AvgIpc) is 3.96. The van der Waals surface area contributed by atoms with E-state index >= 15 is 0 Å². The Balaban J connectivity index is 1.10. The van der Waals surface area contributed by atoms with Crippen LogP contribution in [0, 0.1) is 39.0 Å². The maximum absolute atomic E-state index is 10.7. The zero-order chi connectivity index (χ0) is 50.0. The van der Waals surface area contributed by atoms with Gasteiger partial charge in [-0.05, 0) is 122 Å². The maximum Gasteiger partial charge on any atom is 0.164 e. The second kappa shape index (κ2) is 17.9. The van der Waals surface area contributed by atoms with Crippen molar-refractivity contribution in [3.8, 4) is 85.0 Å². The lowest BCUT2D eigenvalue weighted by Gasteiger charge is -2.20. The van der Waals surface area contributed by atoms with Crippen molar-refractivity contribution in [1.82, 2.24) is 24.1 Å². The second-order valence-corrected chi connectivity index (χ2v) is 19.4. The Morgan fingerprint density at radius 2 is 0.770 bits per heavy atom. The molecule has 3 aromatic heterocycles. The third-order valence-corrected chi connectivity index (χ3v) is 14.6. The minimum Gasteiger partial charge on any atom is -0.309 e. The molecule has 0 aliphatic heterocycles. The first-order chi connectivity index (χ1) is 36.3. The minimum atomic E-state index is 0.552. The molecule has 350 valence electrons. The molecule has 10 aromatic carbocycles. The molecule has 0 amide bonds. The molecule has 3 heterocycles. The Morgan fingerprint density at radius 1 is 0.324 bits per heavy atom. The normalized spacial score (nSPS) is 11.5. The van der Waals surface area contributed by atoms with E-state index in [2.05, 4.69) is 195 Å². The van der Waals surface area contributed by atoms with E-state index in [1.807, 2.05) is 66.7 Å². The Kier molecular flexibility index (Phi) is 10.7. The van der Waals surface area contributed by atoms with Gasteiger partial charge in [0.15, 0.2) is 17.5 Å². The molecule has 0 radical (unpaired) electrons. The molecule has 13 aromatic rings. The van der Waals surface area contributed by atoms with Gasteiger partial charge in [-0.3, -0.25) is 0 Å². The van der Waals surface area contributed by atoms with Crippen molar-refractivity contribution >= 4 is 43.6 Å². The van der Waals surface area contributed by atoms with Crippen molar-refractivity contribution in [1.29, 1.82) is 5.26 Å². The highest BCUT2D eigenvalue weighted by atomic mass is 15.0. The van der Waals surface area contributed by atoms with Crippen LogP contribution in [-0.4, -0.2) is 24.1 Å². The quantitative estimate of drug-likeness (QED) is 0.152. The SMILES string of the molecule is Cc1ccc(-c2ccc3c(c2)c2ccccc2n3-c2ccc(C#N)cc2-c2ccc(-c3nc(-c4ccccc4)nc(-c4ccccc4)n3)cc2-n2c3ccccc3c3cc(-c4ccc(C)cc4C)ccc32)c(C)c1. The van der Waals surface area contributed by atoms with Gasteiger partial charge in [0, 0.05) is 49.4 Å². The summed E-state index contributed by atoms with van der Waals surface area (Å²) < 4.78 is 4.76. The largest absolute Gasteiger partial charge is 0.309 e. The molecule has 0 atom stereocenters. The highest BCUT2D eigenvalue weighted by Gasteiger charge is 2.24. The van der Waals surface area contributed by atoms with Gasteiger partial charge in [-0.2, -0.15) is 5.26 Å². The summed E-state index contributed by atoms with van der Waals surface area (Å²) in [5.74, 6) is 1.73. The fraction of sp³-hybridized carbons (Fsp3) is 0.0588. The molecule has 6 nitrogen and oxygen atoms in total. The molecule has 0 unspecified atom stereocenters. The lowest BCUT2D eigenvalue weighted by atomic mass is 9.96. The first kappa shape index (κ1) is 44.3. The van der Waals surface area contributed by atoms with Crippen molar-refractivity contribution < 1.29 is 0 Å². The number of para-hydroxylation sites is 2. The van der Waals surface area contributed by atoms with Gasteiger partial charge in [-0.25, -0.2) is 15.0 Å². The number of hydrogen-bond acceptors (Lipinski definition) is 4. The number of rotatable bonds is 8. The van der Waals surface area contributed by atoms with Gasteiger partial charge in [-0.15, -0.1) is 0 Å². The Morgan fingerprint density at radius 3 is 1.28 bits per heavy atom. The van der Waals surface area contributed by atoms with Crippen LogP contribution in [-0.2, 0) is 0 Å². The topological polar surface area (TPSA) is 72.3 Å². The van der Waals surface area contributed by atoms with Gasteiger partial charge in [0.1, 0.15) is 0 Å². The van der Waals surface area contributed by atoms with E-state index < -0.39 is 0 Å². The molecule has 0 bridgehead atoms. The van der Waals surface area contributed by atoms with E-state index in [0.29, 0.717) is 23.0 Å². The number of benzene rings is 10. The van der Waals surface area contributed by atoms with Crippen molar-refractivity contribution in [3.05, 3.63) is 246 Å². The number of nitriles is 1. The summed E-state index contributed by atoms with van der Waals surface area (Å²) in [7, 11) is 0. The first-order valence-electron chi connectivity index (χ1n) is 25.1. The number of hydrogen-bond donors (Lipinski definition) is 0. The molecule has 0 N–H and O–H groups in total. The Hall–Kier alpha value is -9.70. The number of aromatic nitrogens is 5. The minimum absolute atomic E-state index is 0.552. The summed E-state index contributed by atoms with van der Waals surface area (Å²) >= 11 is 0. The molecule has 0 saturated heterocycles. The standard InChI is InChI=1S/C68H48N6/c1-42-23-29-52(44(3)35-42)49-27-33-63-58(38-49)54-19-11-13-21-60(54)73(63)62-32-25-46(41-69)37-57(62)56-31-26-51(68-71-66(47-15-7-5-8-16-47)70-67(72-68)48-17-9-6-10-18-48)40-65(56)74-61-22-14-12-20-55(61)59-39-50(28-34-64(59)74)53-30-24-43(2)36-45(53)4/h5-40H,1-4H3. The number of aryl methyl sites for hydroxylation is 4. The van der Waals surface area contributed by atoms with E-state index in [1.54, 1.807) is 0 Å². The summed E-state index contributed by atoms with van der Waals surface area (Å²) in [6.07, 6.45) is 0. The smallest absolute Gasteiger partial charge is 0.164 e. The van der Waals surface area contributed by atoms with E-state index in [4.69, 9.17) is 15.0 Å². The van der Waals surface area contributed by atoms with Crippen LogP contribution in [0.5, 0.6) is 0 Å². The van der Waals surface area contributed by atoms with Crippen LogP contribution in [0.4, 0.5) is 0 Å². The second-order valence-electron chi connectivity index (χ2n) is 19.4. The number of fused-ring (bicyclic) bond motifs is 6. The van der Waals surface area contributed by atoms with Crippen LogP contribution in [0.3, 0.4) is 0 Å². The highest BCUT2D eigenvalue weighted by molar-refractivity contribution is 6.13. The fourth-order valence-corrected chi connectivity index (χ4v) is 11.1. The van der Waals surface area contributed by atoms with Gasteiger partial charge < -0.3 is 9.13 Å². The van der Waals surface area contributed by atoms with Crippen LogP contribution in [0.2, 0.25) is 0 Å². The van der Waals surface area contributed by atoms with E-state index in [0.717, 1.165) is 88.4 Å². The van der Waals surface area contributed by atoms with Crippen molar-refractivity contribution in [2.45, 2.75) is 27.7 Å². The molecule has 13 rings (SSSR count). The van der Waals surface area contributed by atoms with E-state index in [1.165, 1.54) is 38.9 Å². The third-order valence-electron chi connectivity index (χ3n) is 14.6. The monoisotopic (exact) mass is 948 g/mol. The van der Waals surface area contributed by atoms with Crippen LogP contribution in [0.15, 0.2) is 218 Å². The van der Waals surface area contributed by atoms with Gasteiger partial charge in [-0.1, -0.05) is 169 Å². The molecular weight excluding hydrogens is 901 g/mol. The molecule has 0 fully saturated rings. The summed E-state index contributed by atoms with van der Waals surface area (Å²) in [4.78, 5) is 15.5. The van der Waals surface area contributed by atoms with Crippen LogP contribution in [0.1, 0.15) is 27.8 Å². The van der Waals surface area contributed by atoms with Crippen LogP contribution in [0.25, 0.3) is 123 Å². The molecule has 0 saturated carbocycles. The van der Waals surface area contributed by atoms with Crippen molar-refractivity contribution in [2.75, 3.05) is 0 Å². The van der Waals surface area contributed by atoms with Crippen molar-refractivity contribution in [3.63, 3.8) is 0 Å². The maximum atomic E-state index is 10.7. The predicted octanol–water partition coefficient (Wildman–Crippen LogP) is 17.2.